The zero-order valence-electron chi connectivity index (χ0n) is 6.99. The van der Waals surface area contributed by atoms with Gasteiger partial charge in [-0.2, -0.15) is 0 Å². The zero-order valence-corrected chi connectivity index (χ0v) is 6.99. The van der Waals surface area contributed by atoms with E-state index in [4.69, 9.17) is 10.8 Å². The van der Waals surface area contributed by atoms with Gasteiger partial charge in [0.15, 0.2) is 0 Å². The van der Waals surface area contributed by atoms with Gasteiger partial charge in [0, 0.05) is 5.56 Å². The highest BCUT2D eigenvalue weighted by Crippen LogP contribution is 2.25. The van der Waals surface area contributed by atoms with Gasteiger partial charge in [-0.15, -0.1) is 0 Å². The summed E-state index contributed by atoms with van der Waals surface area (Å²) in [6.07, 6.45) is 0. The second-order valence-electron chi connectivity index (χ2n) is 3.09. The maximum Gasteiger partial charge on any atom is 0.120 e. The minimum atomic E-state index is -0.870. The number of aromatic hydroxyl groups is 1. The minimum Gasteiger partial charge on any atom is -0.508 e. The van der Waals surface area contributed by atoms with Gasteiger partial charge in [0.2, 0.25) is 0 Å². The van der Waals surface area contributed by atoms with E-state index in [-0.39, 0.29) is 12.4 Å². The second-order valence-corrected chi connectivity index (χ2v) is 3.09. The minimum absolute atomic E-state index is 0.122. The van der Waals surface area contributed by atoms with Crippen LogP contribution >= 0.6 is 0 Å². The van der Waals surface area contributed by atoms with Crippen molar-refractivity contribution in [2.75, 3.05) is 6.61 Å². The van der Waals surface area contributed by atoms with Crippen LogP contribution in [-0.4, -0.2) is 16.8 Å². The Morgan fingerprint density at radius 2 is 2.00 bits per heavy atom. The van der Waals surface area contributed by atoms with Gasteiger partial charge >= 0.3 is 0 Å². The lowest BCUT2D eigenvalue weighted by Gasteiger charge is -2.22. The highest BCUT2D eigenvalue weighted by molar-refractivity contribution is 5.37. The molecule has 1 aromatic carbocycles. The normalized spacial score (nSPS) is 15.6. The molecule has 0 spiro atoms. The topological polar surface area (TPSA) is 66.5 Å². The molecular weight excluding hydrogens is 154 g/mol. The van der Waals surface area contributed by atoms with Crippen LogP contribution in [-0.2, 0) is 5.54 Å². The number of rotatable bonds is 2. The van der Waals surface area contributed by atoms with E-state index in [1.54, 1.807) is 31.2 Å². The van der Waals surface area contributed by atoms with E-state index in [0.29, 0.717) is 5.56 Å². The number of aliphatic hydroxyl groups is 1. The summed E-state index contributed by atoms with van der Waals surface area (Å²) in [6.45, 7) is 1.48. The third-order valence-electron chi connectivity index (χ3n) is 1.85. The molecule has 0 amide bonds. The van der Waals surface area contributed by atoms with Gasteiger partial charge in [-0.3, -0.25) is 0 Å². The van der Waals surface area contributed by atoms with Gasteiger partial charge in [-0.1, -0.05) is 18.2 Å². The third kappa shape index (κ3) is 1.57. The monoisotopic (exact) mass is 167 g/mol. The van der Waals surface area contributed by atoms with Crippen molar-refractivity contribution in [1.82, 2.24) is 0 Å². The van der Waals surface area contributed by atoms with Crippen molar-refractivity contribution >= 4 is 0 Å². The molecule has 0 radical (unpaired) electrons. The average molecular weight is 167 g/mol. The molecule has 0 heterocycles. The van der Waals surface area contributed by atoms with Crippen LogP contribution in [0.5, 0.6) is 5.75 Å². The quantitative estimate of drug-likeness (QED) is 0.603. The Hall–Kier alpha value is -1.06. The molecule has 3 nitrogen and oxygen atoms in total. The molecule has 0 fully saturated rings. The molecule has 0 aliphatic heterocycles. The van der Waals surface area contributed by atoms with Crippen molar-refractivity contribution in [1.29, 1.82) is 0 Å². The summed E-state index contributed by atoms with van der Waals surface area (Å²) in [5, 5.41) is 18.3. The SMILES string of the molecule is CC(N)(CO)c1ccccc1O. The molecule has 4 N–H and O–H groups in total. The fraction of sp³-hybridized carbons (Fsp3) is 0.333. The molecule has 1 unspecified atom stereocenters. The summed E-state index contributed by atoms with van der Waals surface area (Å²) in [5.74, 6) is 0.122. The molecule has 0 bridgehead atoms. The van der Waals surface area contributed by atoms with Gasteiger partial charge in [0.05, 0.1) is 12.1 Å². The first kappa shape index (κ1) is 9.03. The first-order valence-electron chi connectivity index (χ1n) is 3.76. The van der Waals surface area contributed by atoms with E-state index in [9.17, 15) is 5.11 Å². The van der Waals surface area contributed by atoms with Crippen LogP contribution in [0.25, 0.3) is 0 Å². The molecule has 0 saturated heterocycles. The molecule has 3 heteroatoms. The number of phenols is 1. The van der Waals surface area contributed by atoms with Crippen molar-refractivity contribution in [2.45, 2.75) is 12.5 Å². The van der Waals surface area contributed by atoms with Gasteiger partial charge in [-0.05, 0) is 13.0 Å². The second kappa shape index (κ2) is 3.13. The van der Waals surface area contributed by atoms with Crippen molar-refractivity contribution in [3.05, 3.63) is 29.8 Å². The molecular formula is C9H13NO2. The van der Waals surface area contributed by atoms with Crippen LogP contribution in [0.2, 0.25) is 0 Å². The molecule has 1 atom stereocenters. The Bertz CT molecular complexity index is 271. The molecule has 12 heavy (non-hydrogen) atoms. The summed E-state index contributed by atoms with van der Waals surface area (Å²) in [7, 11) is 0. The summed E-state index contributed by atoms with van der Waals surface area (Å²) < 4.78 is 0. The largest absolute Gasteiger partial charge is 0.508 e. The molecule has 0 aliphatic rings. The Labute approximate surface area is 71.5 Å². The predicted molar refractivity (Wildman–Crippen MR) is 46.7 cm³/mol. The first-order valence-corrected chi connectivity index (χ1v) is 3.76. The molecule has 1 aromatic rings. The van der Waals surface area contributed by atoms with Crippen LogP contribution in [0.4, 0.5) is 0 Å². The van der Waals surface area contributed by atoms with Gasteiger partial charge < -0.3 is 15.9 Å². The van der Waals surface area contributed by atoms with Crippen LogP contribution in [0, 0.1) is 0 Å². The van der Waals surface area contributed by atoms with Crippen LogP contribution < -0.4 is 5.73 Å². The van der Waals surface area contributed by atoms with E-state index in [0.717, 1.165) is 0 Å². The Morgan fingerprint density at radius 3 is 2.50 bits per heavy atom. The maximum atomic E-state index is 9.39. The molecule has 0 aromatic heterocycles. The summed E-state index contributed by atoms with van der Waals surface area (Å²) in [6, 6.07) is 6.74. The van der Waals surface area contributed by atoms with E-state index in [2.05, 4.69) is 0 Å². The first-order chi connectivity index (χ1) is 5.58. The number of para-hydroxylation sites is 1. The van der Waals surface area contributed by atoms with E-state index in [1.807, 2.05) is 0 Å². The Morgan fingerprint density at radius 1 is 1.42 bits per heavy atom. The predicted octanol–water partition coefficient (Wildman–Crippen LogP) is 0.558. The van der Waals surface area contributed by atoms with Gasteiger partial charge in [0.25, 0.3) is 0 Å². The van der Waals surface area contributed by atoms with Crippen molar-refractivity contribution in [2.24, 2.45) is 5.73 Å². The zero-order chi connectivity index (χ0) is 9.19. The highest BCUT2D eigenvalue weighted by Gasteiger charge is 2.22. The fourth-order valence-electron chi connectivity index (χ4n) is 1.04. The van der Waals surface area contributed by atoms with Crippen molar-refractivity contribution < 1.29 is 10.2 Å². The van der Waals surface area contributed by atoms with Crippen molar-refractivity contribution in [3.63, 3.8) is 0 Å². The van der Waals surface area contributed by atoms with E-state index in [1.165, 1.54) is 0 Å². The number of phenolic OH excluding ortho intramolecular Hbond substituents is 1. The maximum absolute atomic E-state index is 9.39. The van der Waals surface area contributed by atoms with E-state index >= 15 is 0 Å². The summed E-state index contributed by atoms with van der Waals surface area (Å²) in [4.78, 5) is 0. The molecule has 0 saturated carbocycles. The smallest absolute Gasteiger partial charge is 0.120 e. The average Bonchev–Trinajstić information content (AvgIpc) is 2.05. The van der Waals surface area contributed by atoms with Gasteiger partial charge in [-0.25, -0.2) is 0 Å². The lowest BCUT2D eigenvalue weighted by atomic mass is 9.93. The summed E-state index contributed by atoms with van der Waals surface area (Å²) in [5.41, 5.74) is 5.42. The highest BCUT2D eigenvalue weighted by atomic mass is 16.3. The van der Waals surface area contributed by atoms with Crippen molar-refractivity contribution in [3.8, 4) is 5.75 Å². The Kier molecular flexibility index (Phi) is 2.35. The van der Waals surface area contributed by atoms with E-state index < -0.39 is 5.54 Å². The number of hydrogen-bond donors (Lipinski definition) is 3. The number of nitrogens with two attached hydrogens (primary N) is 1. The number of hydrogen-bond acceptors (Lipinski definition) is 3. The lowest BCUT2D eigenvalue weighted by molar-refractivity contribution is 0.207. The van der Waals surface area contributed by atoms with Crippen LogP contribution in [0.1, 0.15) is 12.5 Å². The lowest BCUT2D eigenvalue weighted by Crippen LogP contribution is -2.36. The fourth-order valence-corrected chi connectivity index (χ4v) is 1.04. The molecule has 1 rings (SSSR count). The van der Waals surface area contributed by atoms with Crippen LogP contribution in [0.15, 0.2) is 24.3 Å². The Balaban J connectivity index is 3.10. The molecule has 0 aliphatic carbocycles. The summed E-state index contributed by atoms with van der Waals surface area (Å²) >= 11 is 0. The number of aliphatic hydroxyl groups excluding tert-OH is 1. The molecule has 66 valence electrons. The standard InChI is InChI=1S/C9H13NO2/c1-9(10,6-11)7-4-2-3-5-8(7)12/h2-5,11-12H,6,10H2,1H3. The van der Waals surface area contributed by atoms with Crippen LogP contribution in [0.3, 0.4) is 0 Å². The van der Waals surface area contributed by atoms with Gasteiger partial charge in [0.1, 0.15) is 5.75 Å². The number of benzene rings is 1. The third-order valence-corrected chi connectivity index (χ3v) is 1.85.